The van der Waals surface area contributed by atoms with E-state index in [1.54, 1.807) is 12.1 Å². The van der Waals surface area contributed by atoms with Crippen molar-refractivity contribution in [1.82, 2.24) is 10.1 Å². The van der Waals surface area contributed by atoms with Crippen LogP contribution < -0.4 is 0 Å². The quantitative estimate of drug-likeness (QED) is 0.872. The number of amides is 1. The molecule has 0 saturated carbocycles. The number of carboxylic acids is 1. The van der Waals surface area contributed by atoms with Gasteiger partial charge >= 0.3 is 5.97 Å². The summed E-state index contributed by atoms with van der Waals surface area (Å²) < 4.78 is 10.0. The van der Waals surface area contributed by atoms with Gasteiger partial charge in [-0.2, -0.15) is 0 Å². The Morgan fingerprint density at radius 3 is 2.95 bits per heavy atom. The number of hydrogen-bond donors (Lipinski definition) is 1. The third kappa shape index (κ3) is 1.88. The molecule has 3 heterocycles. The zero-order valence-electron chi connectivity index (χ0n) is 9.83. The fraction of sp³-hybridized carbons (Fsp3) is 0.250. The first-order valence-electron chi connectivity index (χ1n) is 5.70. The van der Waals surface area contributed by atoms with E-state index in [1.165, 1.54) is 11.2 Å². The predicted octanol–water partition coefficient (Wildman–Crippen LogP) is 1.16. The van der Waals surface area contributed by atoms with Gasteiger partial charge in [0.25, 0.3) is 5.91 Å². The molecule has 19 heavy (non-hydrogen) atoms. The number of nitrogens with zero attached hydrogens (tertiary/aromatic N) is 2. The van der Waals surface area contributed by atoms with Crippen molar-refractivity contribution in [3.63, 3.8) is 0 Å². The molecule has 0 spiro atoms. The minimum atomic E-state index is -1.16. The third-order valence-electron chi connectivity index (χ3n) is 3.05. The van der Waals surface area contributed by atoms with Crippen molar-refractivity contribution >= 4 is 11.9 Å². The Hall–Kier alpha value is -2.57. The highest BCUT2D eigenvalue weighted by atomic mass is 16.5. The van der Waals surface area contributed by atoms with Crippen molar-refractivity contribution in [3.8, 4) is 0 Å². The van der Waals surface area contributed by atoms with Crippen molar-refractivity contribution in [3.05, 3.63) is 41.2 Å². The molecule has 7 heteroatoms. The van der Waals surface area contributed by atoms with E-state index in [0.29, 0.717) is 24.3 Å². The Morgan fingerprint density at radius 2 is 2.26 bits per heavy atom. The van der Waals surface area contributed by atoms with Gasteiger partial charge in [-0.15, -0.1) is 0 Å². The number of rotatable bonds is 2. The van der Waals surface area contributed by atoms with Crippen LogP contribution in [0.1, 0.15) is 32.4 Å². The summed E-state index contributed by atoms with van der Waals surface area (Å²) in [5.74, 6) is -0.664. The maximum Gasteiger partial charge on any atom is 0.358 e. The van der Waals surface area contributed by atoms with Crippen LogP contribution in [-0.2, 0) is 13.0 Å². The summed E-state index contributed by atoms with van der Waals surface area (Å²) in [6, 6.07) is 3.20. The second-order valence-electron chi connectivity index (χ2n) is 4.19. The maximum atomic E-state index is 12.1. The minimum Gasteiger partial charge on any atom is -0.476 e. The van der Waals surface area contributed by atoms with E-state index in [0.717, 1.165) is 0 Å². The average molecular weight is 262 g/mol. The van der Waals surface area contributed by atoms with E-state index >= 15 is 0 Å². The van der Waals surface area contributed by atoms with E-state index in [9.17, 15) is 9.59 Å². The van der Waals surface area contributed by atoms with Gasteiger partial charge < -0.3 is 18.9 Å². The first kappa shape index (κ1) is 11.5. The normalized spacial score (nSPS) is 14.2. The summed E-state index contributed by atoms with van der Waals surface area (Å²) in [4.78, 5) is 24.6. The molecular formula is C12H10N2O5. The highest BCUT2D eigenvalue weighted by Gasteiger charge is 2.30. The zero-order chi connectivity index (χ0) is 13.4. The number of aromatic nitrogens is 1. The molecule has 0 saturated heterocycles. The standard InChI is InChI=1S/C12H10N2O5/c15-11(9-2-1-5-18-9)14-4-3-8-7(6-14)10(12(16)17)13-19-8/h1-2,5H,3-4,6H2,(H,16,17). The fourth-order valence-corrected chi connectivity index (χ4v) is 2.11. The lowest BCUT2D eigenvalue weighted by atomic mass is 10.1. The summed E-state index contributed by atoms with van der Waals surface area (Å²) >= 11 is 0. The van der Waals surface area contributed by atoms with Crippen molar-refractivity contribution in [2.75, 3.05) is 6.54 Å². The predicted molar refractivity (Wildman–Crippen MR) is 60.6 cm³/mol. The van der Waals surface area contributed by atoms with Crippen LogP contribution in [0, 0.1) is 0 Å². The SMILES string of the molecule is O=C(O)c1noc2c1CN(C(=O)c1ccco1)CC2. The van der Waals surface area contributed by atoms with Gasteiger partial charge in [-0.1, -0.05) is 5.16 Å². The van der Waals surface area contributed by atoms with Crippen molar-refractivity contribution in [2.45, 2.75) is 13.0 Å². The molecule has 1 aliphatic heterocycles. The molecule has 1 N–H and O–H groups in total. The molecule has 0 radical (unpaired) electrons. The number of carbonyl (C=O) groups is 2. The van der Waals surface area contributed by atoms with Crippen LogP contribution in [0.4, 0.5) is 0 Å². The molecule has 0 atom stereocenters. The summed E-state index contributed by atoms with van der Waals surface area (Å²) in [5, 5.41) is 12.5. The molecule has 2 aromatic rings. The minimum absolute atomic E-state index is 0.132. The lowest BCUT2D eigenvalue weighted by Gasteiger charge is -2.24. The molecule has 98 valence electrons. The Morgan fingerprint density at radius 1 is 1.42 bits per heavy atom. The molecule has 0 aromatic carbocycles. The van der Waals surface area contributed by atoms with Crippen LogP contribution in [0.2, 0.25) is 0 Å². The molecule has 1 aliphatic rings. The van der Waals surface area contributed by atoms with Gasteiger partial charge in [-0.05, 0) is 12.1 Å². The van der Waals surface area contributed by atoms with Crippen LogP contribution in [0.15, 0.2) is 27.3 Å². The largest absolute Gasteiger partial charge is 0.476 e. The summed E-state index contributed by atoms with van der Waals surface area (Å²) in [7, 11) is 0. The molecular weight excluding hydrogens is 252 g/mol. The van der Waals surface area contributed by atoms with Crippen LogP contribution in [0.5, 0.6) is 0 Å². The van der Waals surface area contributed by atoms with Gasteiger partial charge in [0.1, 0.15) is 5.76 Å². The number of furan rings is 1. The van der Waals surface area contributed by atoms with Gasteiger partial charge in [0.2, 0.25) is 0 Å². The van der Waals surface area contributed by atoms with E-state index in [1.807, 2.05) is 0 Å². The highest BCUT2D eigenvalue weighted by Crippen LogP contribution is 2.23. The van der Waals surface area contributed by atoms with Gasteiger partial charge in [0, 0.05) is 18.5 Å². The third-order valence-corrected chi connectivity index (χ3v) is 3.05. The van der Waals surface area contributed by atoms with Crippen molar-refractivity contribution < 1.29 is 23.6 Å². The average Bonchev–Trinajstić information content (AvgIpc) is 3.06. The van der Waals surface area contributed by atoms with Crippen LogP contribution in [0.3, 0.4) is 0 Å². The van der Waals surface area contributed by atoms with E-state index in [-0.39, 0.29) is 23.9 Å². The first-order valence-corrected chi connectivity index (χ1v) is 5.70. The first-order chi connectivity index (χ1) is 9.16. The second kappa shape index (κ2) is 4.27. The summed E-state index contributed by atoms with van der Waals surface area (Å²) in [6.07, 6.45) is 1.87. The van der Waals surface area contributed by atoms with Crippen LogP contribution >= 0.6 is 0 Å². The number of fused-ring (bicyclic) bond motifs is 1. The van der Waals surface area contributed by atoms with Gasteiger partial charge in [0.15, 0.2) is 11.5 Å². The van der Waals surface area contributed by atoms with E-state index < -0.39 is 5.97 Å². The molecule has 0 fully saturated rings. The van der Waals surface area contributed by atoms with Crippen molar-refractivity contribution in [2.24, 2.45) is 0 Å². The van der Waals surface area contributed by atoms with Crippen LogP contribution in [0.25, 0.3) is 0 Å². The molecule has 7 nitrogen and oxygen atoms in total. The molecule has 1 amide bonds. The molecule has 0 aliphatic carbocycles. The zero-order valence-corrected chi connectivity index (χ0v) is 9.83. The molecule has 2 aromatic heterocycles. The molecule has 0 bridgehead atoms. The van der Waals surface area contributed by atoms with Crippen molar-refractivity contribution in [1.29, 1.82) is 0 Å². The maximum absolute atomic E-state index is 12.1. The smallest absolute Gasteiger partial charge is 0.358 e. The molecule has 3 rings (SSSR count). The lowest BCUT2D eigenvalue weighted by Crippen LogP contribution is -2.35. The molecule has 0 unspecified atom stereocenters. The van der Waals surface area contributed by atoms with Gasteiger partial charge in [0.05, 0.1) is 12.8 Å². The fourth-order valence-electron chi connectivity index (χ4n) is 2.11. The number of hydrogen-bond acceptors (Lipinski definition) is 5. The highest BCUT2D eigenvalue weighted by molar-refractivity contribution is 5.92. The Kier molecular flexibility index (Phi) is 2.59. The number of aromatic carboxylic acids is 1. The van der Waals surface area contributed by atoms with E-state index in [4.69, 9.17) is 14.0 Å². The number of carbonyl (C=O) groups excluding carboxylic acids is 1. The van der Waals surface area contributed by atoms with Crippen LogP contribution in [-0.4, -0.2) is 33.6 Å². The van der Waals surface area contributed by atoms with Gasteiger partial charge in [-0.3, -0.25) is 4.79 Å². The summed E-state index contributed by atoms with van der Waals surface area (Å²) in [6.45, 7) is 0.612. The van der Waals surface area contributed by atoms with Gasteiger partial charge in [-0.25, -0.2) is 4.79 Å². The number of carboxylic acid groups (broad SMARTS) is 1. The summed E-state index contributed by atoms with van der Waals surface area (Å²) in [5.41, 5.74) is 0.325. The Bertz CT molecular complexity index is 629. The Balaban J connectivity index is 1.87. The Labute approximate surface area is 107 Å². The monoisotopic (exact) mass is 262 g/mol. The van der Waals surface area contributed by atoms with E-state index in [2.05, 4.69) is 5.16 Å². The second-order valence-corrected chi connectivity index (χ2v) is 4.19. The topological polar surface area (TPSA) is 96.8 Å². The lowest BCUT2D eigenvalue weighted by molar-refractivity contribution is 0.0665.